The summed E-state index contributed by atoms with van der Waals surface area (Å²) in [5.41, 5.74) is 1.04. The highest BCUT2D eigenvalue weighted by Crippen LogP contribution is 2.27. The molecule has 1 amide bonds. The van der Waals surface area contributed by atoms with Gasteiger partial charge < -0.3 is 10.1 Å². The van der Waals surface area contributed by atoms with Crippen LogP contribution in [-0.4, -0.2) is 13.0 Å². The third kappa shape index (κ3) is 3.66. The van der Waals surface area contributed by atoms with Gasteiger partial charge in [-0.3, -0.25) is 4.79 Å². The van der Waals surface area contributed by atoms with Crippen molar-refractivity contribution in [1.82, 2.24) is 0 Å². The number of benzene rings is 2. The summed E-state index contributed by atoms with van der Waals surface area (Å²) in [4.78, 5) is 12.1. The topological polar surface area (TPSA) is 38.3 Å². The standard InChI is InChI=1S/C14H10BrCl2NO2/c1-20-13-3-2-11(7-12(13)17)18-14(19)8-4-9(15)6-10(16)5-8/h2-7H,1H3,(H,18,19). The lowest BCUT2D eigenvalue weighted by atomic mass is 10.2. The van der Waals surface area contributed by atoms with Crippen LogP contribution in [0.1, 0.15) is 10.4 Å². The Bertz CT molecular complexity index is 641. The largest absolute Gasteiger partial charge is 0.495 e. The van der Waals surface area contributed by atoms with E-state index in [0.29, 0.717) is 27.0 Å². The van der Waals surface area contributed by atoms with E-state index in [0.717, 1.165) is 4.47 Å². The highest BCUT2D eigenvalue weighted by Gasteiger charge is 2.09. The lowest BCUT2D eigenvalue weighted by Gasteiger charge is -2.08. The zero-order valence-corrected chi connectivity index (χ0v) is 13.5. The maximum atomic E-state index is 12.1. The number of halogens is 3. The lowest BCUT2D eigenvalue weighted by molar-refractivity contribution is 0.102. The van der Waals surface area contributed by atoms with Gasteiger partial charge in [-0.1, -0.05) is 39.1 Å². The molecule has 0 saturated heterocycles. The summed E-state index contributed by atoms with van der Waals surface area (Å²) in [7, 11) is 1.53. The van der Waals surface area contributed by atoms with E-state index in [4.69, 9.17) is 27.9 Å². The summed E-state index contributed by atoms with van der Waals surface area (Å²) >= 11 is 15.2. The molecule has 0 spiro atoms. The SMILES string of the molecule is COc1ccc(NC(=O)c2cc(Cl)cc(Br)c2)cc1Cl. The first-order valence-corrected chi connectivity index (χ1v) is 7.15. The Balaban J connectivity index is 2.21. The summed E-state index contributed by atoms with van der Waals surface area (Å²) in [6, 6.07) is 10.0. The predicted molar refractivity (Wildman–Crippen MR) is 85.1 cm³/mol. The zero-order valence-electron chi connectivity index (χ0n) is 10.4. The van der Waals surface area contributed by atoms with Crippen molar-refractivity contribution in [3.8, 4) is 5.75 Å². The summed E-state index contributed by atoms with van der Waals surface area (Å²) in [5.74, 6) is 0.282. The molecular weight excluding hydrogens is 365 g/mol. The molecule has 20 heavy (non-hydrogen) atoms. The average Bonchev–Trinajstić information content (AvgIpc) is 2.37. The molecule has 0 fully saturated rings. The number of carbonyl (C=O) groups excluding carboxylic acids is 1. The van der Waals surface area contributed by atoms with Crippen LogP contribution < -0.4 is 10.1 Å². The average molecular weight is 375 g/mol. The molecule has 0 saturated carbocycles. The molecule has 0 atom stereocenters. The molecule has 0 unspecified atom stereocenters. The molecule has 2 rings (SSSR count). The molecule has 2 aromatic carbocycles. The van der Waals surface area contributed by atoms with E-state index in [9.17, 15) is 4.79 Å². The first kappa shape index (κ1) is 15.2. The van der Waals surface area contributed by atoms with Crippen molar-refractivity contribution in [2.24, 2.45) is 0 Å². The number of ether oxygens (including phenoxy) is 1. The lowest BCUT2D eigenvalue weighted by Crippen LogP contribution is -2.11. The first-order chi connectivity index (χ1) is 9.49. The van der Waals surface area contributed by atoms with Crippen LogP contribution in [0.15, 0.2) is 40.9 Å². The summed E-state index contributed by atoms with van der Waals surface area (Å²) in [6.07, 6.45) is 0. The number of nitrogens with one attached hydrogen (secondary N) is 1. The monoisotopic (exact) mass is 373 g/mol. The fourth-order valence-electron chi connectivity index (χ4n) is 1.63. The molecule has 0 aromatic heterocycles. The van der Waals surface area contributed by atoms with Crippen molar-refractivity contribution >= 4 is 50.7 Å². The van der Waals surface area contributed by atoms with Crippen LogP contribution in [-0.2, 0) is 0 Å². The van der Waals surface area contributed by atoms with E-state index in [2.05, 4.69) is 21.2 Å². The van der Waals surface area contributed by atoms with Crippen molar-refractivity contribution in [3.05, 3.63) is 56.5 Å². The fourth-order valence-corrected chi connectivity index (χ4v) is 2.75. The number of hydrogen-bond acceptors (Lipinski definition) is 2. The van der Waals surface area contributed by atoms with Gasteiger partial charge >= 0.3 is 0 Å². The van der Waals surface area contributed by atoms with Gasteiger partial charge in [0.15, 0.2) is 0 Å². The Morgan fingerprint density at radius 3 is 2.55 bits per heavy atom. The Labute approximate surface area is 135 Å². The highest BCUT2D eigenvalue weighted by atomic mass is 79.9. The van der Waals surface area contributed by atoms with Crippen LogP contribution in [0.25, 0.3) is 0 Å². The molecule has 6 heteroatoms. The number of anilines is 1. The van der Waals surface area contributed by atoms with E-state index < -0.39 is 0 Å². The van der Waals surface area contributed by atoms with E-state index in [1.54, 1.807) is 36.4 Å². The van der Waals surface area contributed by atoms with Gasteiger partial charge in [-0.2, -0.15) is 0 Å². The van der Waals surface area contributed by atoms with Crippen LogP contribution in [0.2, 0.25) is 10.0 Å². The number of methoxy groups -OCH3 is 1. The molecule has 0 heterocycles. The minimum atomic E-state index is -0.269. The van der Waals surface area contributed by atoms with Crippen molar-refractivity contribution in [3.63, 3.8) is 0 Å². The first-order valence-electron chi connectivity index (χ1n) is 5.60. The molecule has 104 valence electrons. The van der Waals surface area contributed by atoms with Crippen molar-refractivity contribution in [2.45, 2.75) is 0 Å². The predicted octanol–water partition coefficient (Wildman–Crippen LogP) is 5.02. The quantitative estimate of drug-likeness (QED) is 0.819. The maximum absolute atomic E-state index is 12.1. The number of rotatable bonds is 3. The zero-order chi connectivity index (χ0) is 14.7. The molecule has 2 aromatic rings. The second kappa shape index (κ2) is 6.48. The van der Waals surface area contributed by atoms with Crippen LogP contribution in [0.3, 0.4) is 0 Å². The van der Waals surface area contributed by atoms with E-state index in [1.807, 2.05) is 0 Å². The third-order valence-electron chi connectivity index (χ3n) is 2.53. The molecular formula is C14H10BrCl2NO2. The molecule has 0 radical (unpaired) electrons. The third-order valence-corrected chi connectivity index (χ3v) is 3.51. The van der Waals surface area contributed by atoms with E-state index in [1.165, 1.54) is 7.11 Å². The van der Waals surface area contributed by atoms with Gasteiger partial charge in [-0.25, -0.2) is 0 Å². The van der Waals surface area contributed by atoms with Gasteiger partial charge in [-0.05, 0) is 36.4 Å². The minimum absolute atomic E-state index is 0.269. The van der Waals surface area contributed by atoms with Gasteiger partial charge in [0, 0.05) is 20.7 Å². The Morgan fingerprint density at radius 1 is 1.20 bits per heavy atom. The van der Waals surface area contributed by atoms with Gasteiger partial charge in [-0.15, -0.1) is 0 Å². The van der Waals surface area contributed by atoms with Crippen molar-refractivity contribution < 1.29 is 9.53 Å². The smallest absolute Gasteiger partial charge is 0.255 e. The minimum Gasteiger partial charge on any atom is -0.495 e. The molecule has 0 aliphatic carbocycles. The van der Waals surface area contributed by atoms with Gasteiger partial charge in [0.05, 0.1) is 12.1 Å². The van der Waals surface area contributed by atoms with Crippen LogP contribution in [0, 0.1) is 0 Å². The Hall–Kier alpha value is -1.23. The van der Waals surface area contributed by atoms with E-state index >= 15 is 0 Å². The second-order valence-electron chi connectivity index (χ2n) is 3.96. The molecule has 0 aliphatic heterocycles. The normalized spacial score (nSPS) is 10.2. The summed E-state index contributed by atoms with van der Waals surface area (Å²) in [6.45, 7) is 0. The molecule has 0 bridgehead atoms. The molecule has 1 N–H and O–H groups in total. The van der Waals surface area contributed by atoms with Crippen LogP contribution in [0.5, 0.6) is 5.75 Å². The number of carbonyl (C=O) groups is 1. The van der Waals surface area contributed by atoms with Gasteiger partial charge in [0.25, 0.3) is 5.91 Å². The maximum Gasteiger partial charge on any atom is 0.255 e. The van der Waals surface area contributed by atoms with Crippen molar-refractivity contribution in [2.75, 3.05) is 12.4 Å². The van der Waals surface area contributed by atoms with Crippen LogP contribution in [0.4, 0.5) is 5.69 Å². The van der Waals surface area contributed by atoms with Crippen molar-refractivity contribution in [1.29, 1.82) is 0 Å². The highest BCUT2D eigenvalue weighted by molar-refractivity contribution is 9.10. The Morgan fingerprint density at radius 2 is 1.95 bits per heavy atom. The number of amides is 1. The second-order valence-corrected chi connectivity index (χ2v) is 5.72. The Kier molecular flexibility index (Phi) is 4.91. The van der Waals surface area contributed by atoms with E-state index in [-0.39, 0.29) is 5.91 Å². The number of hydrogen-bond donors (Lipinski definition) is 1. The van der Waals surface area contributed by atoms with Gasteiger partial charge in [0.2, 0.25) is 0 Å². The molecule has 0 aliphatic rings. The van der Waals surface area contributed by atoms with Gasteiger partial charge in [0.1, 0.15) is 5.75 Å². The summed E-state index contributed by atoms with van der Waals surface area (Å²) < 4.78 is 5.79. The summed E-state index contributed by atoms with van der Waals surface area (Å²) in [5, 5.41) is 3.66. The molecule has 3 nitrogen and oxygen atoms in total. The fraction of sp³-hybridized carbons (Fsp3) is 0.0714. The van der Waals surface area contributed by atoms with Crippen LogP contribution >= 0.6 is 39.1 Å².